The van der Waals surface area contributed by atoms with Crippen molar-refractivity contribution >= 4 is 54.8 Å². The molecule has 1 aliphatic rings. The number of benzene rings is 5. The number of amides is 4. The molecule has 0 saturated carbocycles. The van der Waals surface area contributed by atoms with Gasteiger partial charge >= 0.3 is 13.9 Å². The molecule has 6 rings (SSSR count). The van der Waals surface area contributed by atoms with E-state index in [1.807, 2.05) is 18.2 Å². The van der Waals surface area contributed by atoms with Crippen molar-refractivity contribution in [3.63, 3.8) is 0 Å². The molecule has 1 heterocycles. The average molecular weight is 912 g/mol. The second kappa shape index (κ2) is 21.3. The van der Waals surface area contributed by atoms with Crippen molar-refractivity contribution < 1.29 is 51.9 Å². The van der Waals surface area contributed by atoms with E-state index in [-0.39, 0.29) is 18.8 Å². The van der Waals surface area contributed by atoms with E-state index in [0.29, 0.717) is 44.5 Å². The van der Waals surface area contributed by atoms with Crippen LogP contribution >= 0.6 is 19.6 Å². The Labute approximate surface area is 375 Å². The van der Waals surface area contributed by atoms with Crippen LogP contribution in [0.4, 0.5) is 16.2 Å². The highest BCUT2D eigenvalue weighted by Crippen LogP contribution is 2.47. The molecule has 5 aromatic carbocycles. The average Bonchev–Trinajstić information content (AvgIpc) is 3.38. The molecule has 1 unspecified atom stereocenters. The van der Waals surface area contributed by atoms with Gasteiger partial charge in [0.15, 0.2) is 0 Å². The molecule has 18 heteroatoms. The number of carbonyl (C=O) groups is 4. The van der Waals surface area contributed by atoms with E-state index in [2.05, 4.69) is 21.5 Å². The number of methoxy groups -OCH3 is 2. The number of hydrazine groups is 1. The Balaban J connectivity index is 1.28. The number of rotatable bonds is 17. The maximum atomic E-state index is 15.0. The van der Waals surface area contributed by atoms with Gasteiger partial charge in [0.2, 0.25) is 11.8 Å². The Hall–Kier alpha value is -6.36. The van der Waals surface area contributed by atoms with E-state index in [1.54, 1.807) is 118 Å². The molecule has 0 radical (unpaired) electrons. The van der Waals surface area contributed by atoms with E-state index in [4.69, 9.17) is 23.3 Å². The Morgan fingerprint density at radius 2 is 1.47 bits per heavy atom. The molecular formula is C46H50N5O11PS. The van der Waals surface area contributed by atoms with Crippen molar-refractivity contribution in [2.75, 3.05) is 31.0 Å². The largest absolute Gasteiger partial charge is 0.527 e. The molecule has 64 heavy (non-hydrogen) atoms. The summed E-state index contributed by atoms with van der Waals surface area (Å²) in [6, 6.07) is 33.6. The molecule has 4 atom stereocenters. The van der Waals surface area contributed by atoms with Gasteiger partial charge in [-0.15, -0.1) is 11.8 Å². The van der Waals surface area contributed by atoms with Crippen LogP contribution in [0.3, 0.4) is 0 Å². The fourth-order valence-corrected chi connectivity index (χ4v) is 8.66. The van der Waals surface area contributed by atoms with Gasteiger partial charge in [-0.1, -0.05) is 78.9 Å². The zero-order valence-corrected chi connectivity index (χ0v) is 37.5. The minimum Gasteiger partial charge on any atom is -0.497 e. The van der Waals surface area contributed by atoms with Crippen molar-refractivity contribution in [1.82, 2.24) is 16.2 Å². The molecule has 0 bridgehead atoms. The van der Waals surface area contributed by atoms with Crippen molar-refractivity contribution in [1.29, 1.82) is 0 Å². The van der Waals surface area contributed by atoms with Gasteiger partial charge < -0.3 is 34.3 Å². The summed E-state index contributed by atoms with van der Waals surface area (Å²) in [7, 11) is -1.49. The topological polar surface area (TPSA) is 203 Å². The van der Waals surface area contributed by atoms with Crippen LogP contribution in [0.1, 0.15) is 42.7 Å². The maximum Gasteiger partial charge on any atom is 0.527 e. The first-order chi connectivity index (χ1) is 30.6. The van der Waals surface area contributed by atoms with Crippen molar-refractivity contribution in [2.45, 2.75) is 61.6 Å². The summed E-state index contributed by atoms with van der Waals surface area (Å²) >= 11 is 1.34. The van der Waals surface area contributed by atoms with Crippen molar-refractivity contribution in [3.8, 4) is 17.2 Å². The SMILES string of the molecule is COc1ccc([C@H]2Sc3ccccc3N(CC(=O)Nc3ccccc3OC)C(=O)[C@@H]2NC(=O)[C@H](Cc2ccc(OP(=O)(O)OCc3ccccc3)cc2)NNC(=O)OC(C)(C)C)cc1. The van der Waals surface area contributed by atoms with E-state index in [9.17, 15) is 23.8 Å². The van der Waals surface area contributed by atoms with Crippen LogP contribution in [0.25, 0.3) is 0 Å². The predicted octanol–water partition coefficient (Wildman–Crippen LogP) is 7.34. The summed E-state index contributed by atoms with van der Waals surface area (Å²) in [6.07, 6.45) is -0.918. The number of fused-ring (bicyclic) bond motifs is 1. The highest BCUT2D eigenvalue weighted by Gasteiger charge is 2.41. The molecule has 0 saturated heterocycles. The van der Waals surface area contributed by atoms with Crippen molar-refractivity contribution in [2.24, 2.45) is 0 Å². The third-order valence-electron chi connectivity index (χ3n) is 9.55. The van der Waals surface area contributed by atoms with Gasteiger partial charge in [-0.05, 0) is 92.4 Å². The van der Waals surface area contributed by atoms with Crippen molar-refractivity contribution in [3.05, 3.63) is 144 Å². The number of carbonyl (C=O) groups excluding carboxylic acids is 4. The highest BCUT2D eigenvalue weighted by atomic mass is 32.2. The molecule has 0 spiro atoms. The molecule has 0 fully saturated rings. The van der Waals surface area contributed by atoms with Crippen LogP contribution in [0, 0.1) is 0 Å². The molecule has 0 aliphatic carbocycles. The number of phosphoric ester groups is 1. The summed E-state index contributed by atoms with van der Waals surface area (Å²) in [5, 5.41) is 5.07. The van der Waals surface area contributed by atoms with Crippen LogP contribution in [0.5, 0.6) is 17.2 Å². The minimum atomic E-state index is -4.51. The summed E-state index contributed by atoms with van der Waals surface area (Å²) in [5.74, 6) is -0.737. The first-order valence-corrected chi connectivity index (χ1v) is 22.5. The van der Waals surface area contributed by atoms with Crippen LogP contribution in [-0.4, -0.2) is 67.2 Å². The number of thioether (sulfide) groups is 1. The Kier molecular flexibility index (Phi) is 15.7. The monoisotopic (exact) mass is 911 g/mol. The molecule has 4 amide bonds. The van der Waals surface area contributed by atoms with E-state index >= 15 is 4.79 Å². The fourth-order valence-electron chi connectivity index (χ4n) is 6.56. The van der Waals surface area contributed by atoms with Gasteiger partial charge in [0.05, 0.1) is 37.5 Å². The quantitative estimate of drug-likeness (QED) is 0.0458. The molecule has 0 aromatic heterocycles. The highest BCUT2D eigenvalue weighted by molar-refractivity contribution is 7.99. The first-order valence-electron chi connectivity index (χ1n) is 20.1. The lowest BCUT2D eigenvalue weighted by Gasteiger charge is -2.30. The van der Waals surface area contributed by atoms with Crippen LogP contribution in [0.2, 0.25) is 0 Å². The smallest absolute Gasteiger partial charge is 0.497 e. The third-order valence-corrected chi connectivity index (χ3v) is 11.8. The summed E-state index contributed by atoms with van der Waals surface area (Å²) in [6.45, 7) is 4.50. The summed E-state index contributed by atoms with van der Waals surface area (Å²) in [5.41, 5.74) is 7.13. The first kappa shape index (κ1) is 47.1. The van der Waals surface area contributed by atoms with Crippen LogP contribution in [-0.2, 0) is 41.2 Å². The zero-order chi connectivity index (χ0) is 45.9. The second-order valence-corrected chi connectivity index (χ2v) is 18.0. The minimum absolute atomic E-state index is 0.0290. The third kappa shape index (κ3) is 13.1. The molecule has 1 aliphatic heterocycles. The number of hydrogen-bond donors (Lipinski definition) is 5. The van der Waals surface area contributed by atoms with E-state index in [1.165, 1.54) is 43.0 Å². The Morgan fingerprint density at radius 1 is 0.812 bits per heavy atom. The number of anilines is 2. The Morgan fingerprint density at radius 3 is 2.16 bits per heavy atom. The van der Waals surface area contributed by atoms with Gasteiger partial charge in [-0.25, -0.2) is 14.8 Å². The van der Waals surface area contributed by atoms with E-state index < -0.39 is 61.1 Å². The van der Waals surface area contributed by atoms with E-state index in [0.717, 1.165) is 0 Å². The maximum absolute atomic E-state index is 15.0. The number of hydrogen-bond acceptors (Lipinski definition) is 12. The van der Waals surface area contributed by atoms with Gasteiger partial charge in [0.25, 0.3) is 5.91 Å². The number of nitrogens with one attached hydrogen (secondary N) is 4. The predicted molar refractivity (Wildman–Crippen MR) is 242 cm³/mol. The van der Waals surface area contributed by atoms with Crippen LogP contribution in [0.15, 0.2) is 132 Å². The molecule has 336 valence electrons. The molecular weight excluding hydrogens is 862 g/mol. The molecule has 16 nitrogen and oxygen atoms in total. The van der Waals surface area contributed by atoms with Gasteiger partial charge in [0.1, 0.15) is 41.5 Å². The Bertz CT molecular complexity index is 2450. The van der Waals surface area contributed by atoms with Gasteiger partial charge in [-0.3, -0.25) is 29.2 Å². The molecule has 5 N–H and O–H groups in total. The number of para-hydroxylation sites is 3. The normalized spacial score (nSPS) is 16.2. The number of ether oxygens (including phenoxy) is 3. The summed E-state index contributed by atoms with van der Waals surface area (Å²) < 4.78 is 39.4. The number of nitrogens with zero attached hydrogens (tertiary/aromatic N) is 1. The molecule has 5 aromatic rings. The summed E-state index contributed by atoms with van der Waals surface area (Å²) in [4.78, 5) is 68.7. The lowest BCUT2D eigenvalue weighted by atomic mass is 10.0. The lowest BCUT2D eigenvalue weighted by molar-refractivity contribution is -0.129. The van der Waals surface area contributed by atoms with Gasteiger partial charge in [-0.2, -0.15) is 0 Å². The second-order valence-electron chi connectivity index (χ2n) is 15.4. The van der Waals surface area contributed by atoms with Gasteiger partial charge in [0, 0.05) is 4.90 Å². The zero-order valence-electron chi connectivity index (χ0n) is 35.8. The fraction of sp³-hybridized carbons (Fsp3) is 0.261. The standard InChI is InChI=1S/C46H50N5O11PS/c1-46(2,3)61-45(55)50-49-36(27-30-19-23-34(24-20-30)62-63(56,57)60-29-31-13-7-6-8-14-31)43(53)48-41-42(32-21-25-33(58-4)26-22-32)64-39-18-12-10-16-37(39)51(44(41)54)28-40(52)47-35-15-9-11-17-38(35)59-5/h6-26,36,41-42,49H,27-29H2,1-5H3,(H,47,52)(H,48,53)(H,50,55)(H,56,57)/t36-,41+,42+/m0/s1. The number of phosphoric acid groups is 1. The van der Waals surface area contributed by atoms with Crippen LogP contribution < -0.4 is 40.4 Å². The lowest BCUT2D eigenvalue weighted by Crippen LogP contribution is -2.58.